The molecule has 1 aromatic heterocycles. The summed E-state index contributed by atoms with van der Waals surface area (Å²) in [6, 6.07) is 8.34. The molecule has 2 rings (SSSR count). The van der Waals surface area contributed by atoms with E-state index < -0.39 is 7.81 Å². The molecule has 0 bridgehead atoms. The van der Waals surface area contributed by atoms with Gasteiger partial charge in [-0.2, -0.15) is 0 Å². The number of amidine groups is 1. The first-order valence-electron chi connectivity index (χ1n) is 6.89. The molecule has 146 valence electrons. The zero-order valence-corrected chi connectivity index (χ0v) is 19.3. The smallest absolute Gasteiger partial charge is 0.0379 e. The molecule has 2 radical (unpaired) electrons. The van der Waals surface area contributed by atoms with Crippen molar-refractivity contribution < 1.29 is 65.7 Å². The molecule has 0 fully saturated rings. The summed E-state index contributed by atoms with van der Waals surface area (Å²) in [7, 11) is 0.737. The van der Waals surface area contributed by atoms with Gasteiger partial charge in [-0.15, -0.1) is 5.10 Å². The van der Waals surface area contributed by atoms with Gasteiger partial charge in [-0.05, 0) is 18.7 Å². The van der Waals surface area contributed by atoms with Crippen molar-refractivity contribution in [3.63, 3.8) is 0 Å². The van der Waals surface area contributed by atoms with Crippen molar-refractivity contribution >= 4 is 33.2 Å². The van der Waals surface area contributed by atoms with E-state index >= 15 is 0 Å². The molecule has 0 atom stereocenters. The Labute approximate surface area is 172 Å². The Kier molecular flexibility index (Phi) is 8.04. The van der Waals surface area contributed by atoms with Gasteiger partial charge in [0, 0.05) is 39.5 Å². The van der Waals surface area contributed by atoms with Crippen molar-refractivity contribution in [3.05, 3.63) is 24.3 Å². The van der Waals surface area contributed by atoms with Gasteiger partial charge in [-0.1, -0.05) is 17.0 Å². The quantitative estimate of drug-likeness (QED) is 0.122. The predicted octanol–water partition coefficient (Wildman–Crippen LogP) is 2.78. The largest absolute Gasteiger partial charge is 0.0379 e. The zero-order valence-electron chi connectivity index (χ0n) is 15.2. The molecule has 0 saturated carbocycles. The predicted molar refractivity (Wildman–Crippen MR) is 85.6 cm³/mol. The molecule has 0 spiro atoms. The number of fused-ring (bicyclic) bond motifs is 1. The van der Waals surface area contributed by atoms with Gasteiger partial charge < -0.3 is 0 Å². The Balaban J connectivity index is 0. The average Bonchev–Trinajstić information content (AvgIpc) is 2.86. The molecular weight excluding hydrogens is 612 g/mol. The normalized spacial score (nSPS) is 13.2. The second-order valence-corrected chi connectivity index (χ2v) is 6.99. The summed E-state index contributed by atoms with van der Waals surface area (Å²) >= 11 is 0. The van der Waals surface area contributed by atoms with Crippen LogP contribution in [0, 0.1) is 31.1 Å². The SMILES string of the molecule is CN(C)C(On1nnc2ccccc21)=[N+](C)C.F[P-](F)(F)(F)(F)F.[3H][B].[U]. The van der Waals surface area contributed by atoms with Gasteiger partial charge in [-0.3, -0.25) is 4.84 Å². The molecule has 1 heterocycles. The maximum atomic E-state index is 9.87. The molecule has 0 N–H and O–H groups in total. The monoisotopic (exact) mass is 631 g/mol. The van der Waals surface area contributed by atoms with Gasteiger partial charge in [0.2, 0.25) is 0 Å². The van der Waals surface area contributed by atoms with E-state index in [1.807, 2.05) is 61.9 Å². The van der Waals surface area contributed by atoms with Crippen LogP contribution in [0.1, 0.15) is 0 Å². The molecule has 26 heavy (non-hydrogen) atoms. The first-order valence-corrected chi connectivity index (χ1v) is 8.34. The molecule has 6 nitrogen and oxygen atoms in total. The van der Waals surface area contributed by atoms with Crippen molar-refractivity contribution in [2.75, 3.05) is 28.2 Å². The minimum Gasteiger partial charge on any atom is -0.0379 e. The van der Waals surface area contributed by atoms with E-state index in [1.54, 1.807) is 0 Å². The first kappa shape index (κ1) is 25.0. The second-order valence-electron chi connectivity index (χ2n) is 5.07. The molecule has 1 aromatic carbocycles. The minimum absolute atomic E-state index is 0. The number of benzene rings is 1. The topological polar surface area (TPSA) is 46.2 Å². The number of rotatable bonds is 1. The molecule has 0 saturated heterocycles. The Morgan fingerprint density at radius 1 is 1.15 bits per heavy atom. The maximum absolute atomic E-state index is 10.7. The minimum atomic E-state index is -10.7. The summed E-state index contributed by atoms with van der Waals surface area (Å²) < 4.78 is 66.3. The summed E-state index contributed by atoms with van der Waals surface area (Å²) in [5.41, 5.74) is 1.65. The molecule has 0 amide bonds. The fourth-order valence-electron chi connectivity index (χ4n) is 1.56. The van der Waals surface area contributed by atoms with E-state index in [-0.39, 0.29) is 31.1 Å². The molecule has 0 aliphatic heterocycles. The van der Waals surface area contributed by atoms with Crippen LogP contribution in [-0.2, 0) is 0 Å². The van der Waals surface area contributed by atoms with Crippen LogP contribution < -0.4 is 4.84 Å². The fourth-order valence-corrected chi connectivity index (χ4v) is 1.56. The van der Waals surface area contributed by atoms with E-state index in [4.69, 9.17) is 6.17 Å². The molecule has 0 unspecified atom stereocenters. The van der Waals surface area contributed by atoms with Crippen LogP contribution in [-0.4, -0.2) is 68.6 Å². The van der Waals surface area contributed by atoms with Gasteiger partial charge in [0.15, 0.2) is 0 Å². The number of halogens is 6. The van der Waals surface area contributed by atoms with E-state index in [9.17, 15) is 25.2 Å². The van der Waals surface area contributed by atoms with Gasteiger partial charge in [0.05, 0.1) is 28.2 Å². The Hall–Kier alpha value is -0.983. The molecular formula is C11H17BF6N5OPU. The van der Waals surface area contributed by atoms with E-state index in [0.29, 0.717) is 6.02 Å². The number of para-hydroxylation sites is 1. The van der Waals surface area contributed by atoms with Crippen molar-refractivity contribution in [2.45, 2.75) is 0 Å². The van der Waals surface area contributed by atoms with E-state index in [0.717, 1.165) is 11.0 Å². The van der Waals surface area contributed by atoms with Crippen LogP contribution in [0.2, 0.25) is 0 Å². The standard InChI is InChI=1S/C11H16N5O.BH.F6P.U/c1-14(2)11(15(3)4)17-16-10-8-6-5-7-9(10)12-13-16;;1-7(2,3,4,5)6;/h5-8H,1-4H3;1H;;/q+1;;-1;/i;1T;;. The molecule has 0 aliphatic carbocycles. The summed E-state index contributed by atoms with van der Waals surface area (Å²) in [5, 5.41) is 8.00. The second kappa shape index (κ2) is 8.36. The van der Waals surface area contributed by atoms with Crippen molar-refractivity contribution in [1.82, 2.24) is 20.1 Å². The third kappa shape index (κ3) is 11.6. The van der Waals surface area contributed by atoms with Crippen molar-refractivity contribution in [3.8, 4) is 0 Å². The number of hydrogen-bond acceptors (Lipinski definition) is 3. The van der Waals surface area contributed by atoms with Gasteiger partial charge in [0.1, 0.15) is 11.0 Å². The molecule has 2 aromatic rings. The first-order chi connectivity index (χ1) is 11.5. The van der Waals surface area contributed by atoms with Crippen LogP contribution in [0.25, 0.3) is 11.0 Å². The van der Waals surface area contributed by atoms with E-state index in [1.165, 1.54) is 4.85 Å². The van der Waals surface area contributed by atoms with Crippen LogP contribution >= 0.6 is 7.81 Å². The van der Waals surface area contributed by atoms with Gasteiger partial charge >= 0.3 is 39.0 Å². The summed E-state index contributed by atoms with van der Waals surface area (Å²) in [6.45, 7) is 0. The van der Waals surface area contributed by atoms with E-state index in [2.05, 4.69) is 18.7 Å². The summed E-state index contributed by atoms with van der Waals surface area (Å²) in [6.07, 6.45) is 0. The Morgan fingerprint density at radius 2 is 1.62 bits per heavy atom. The molecule has 15 heteroatoms. The van der Waals surface area contributed by atoms with Crippen LogP contribution in [0.4, 0.5) is 25.2 Å². The summed E-state index contributed by atoms with van der Waals surface area (Å²) in [5.74, 6) is 0. The van der Waals surface area contributed by atoms with Gasteiger partial charge in [0.25, 0.3) is 0 Å². The average molecular weight is 631 g/mol. The van der Waals surface area contributed by atoms with Crippen LogP contribution in [0.3, 0.4) is 0 Å². The number of aromatic nitrogens is 3. The van der Waals surface area contributed by atoms with Crippen molar-refractivity contribution in [1.29, 1.82) is 1.34 Å². The van der Waals surface area contributed by atoms with Crippen LogP contribution in [0.5, 0.6) is 0 Å². The number of hydrogen-bond donors (Lipinski definition) is 0. The molecule has 0 aliphatic rings. The van der Waals surface area contributed by atoms with Gasteiger partial charge in [-0.25, -0.2) is 9.48 Å². The maximum Gasteiger partial charge on any atom is 0.0379 e. The Morgan fingerprint density at radius 3 is 2.04 bits per heavy atom. The third-order valence-electron chi connectivity index (χ3n) is 2.25. The van der Waals surface area contributed by atoms with Crippen molar-refractivity contribution in [2.24, 2.45) is 0 Å². The zero-order chi connectivity index (χ0) is 20.8. The Bertz CT molecular complexity index is 758. The van der Waals surface area contributed by atoms with Crippen LogP contribution in [0.15, 0.2) is 24.3 Å². The fraction of sp³-hybridized carbons (Fsp3) is 0.364. The third-order valence-corrected chi connectivity index (χ3v) is 2.25. The number of nitrogens with zero attached hydrogens (tertiary/aromatic N) is 5. The summed E-state index contributed by atoms with van der Waals surface area (Å²) in [4.78, 5) is 8.99.